The first-order valence-corrected chi connectivity index (χ1v) is 9.86. The van der Waals surface area contributed by atoms with Crippen molar-refractivity contribution in [3.05, 3.63) is 95.1 Å². The van der Waals surface area contributed by atoms with Gasteiger partial charge < -0.3 is 9.47 Å². The lowest BCUT2D eigenvalue weighted by atomic mass is 10.1. The molecule has 0 unspecified atom stereocenters. The van der Waals surface area contributed by atoms with E-state index in [1.54, 1.807) is 7.11 Å². The van der Waals surface area contributed by atoms with Crippen molar-refractivity contribution in [3.63, 3.8) is 0 Å². The fourth-order valence-electron chi connectivity index (χ4n) is 3.58. The molecule has 0 amide bonds. The molecule has 1 aliphatic heterocycles. The molecule has 4 rings (SSSR count). The van der Waals surface area contributed by atoms with Crippen LogP contribution in [0.5, 0.6) is 5.75 Å². The van der Waals surface area contributed by atoms with Gasteiger partial charge in [-0.15, -0.1) is 0 Å². The van der Waals surface area contributed by atoms with E-state index < -0.39 is 0 Å². The van der Waals surface area contributed by atoms with E-state index in [1.165, 1.54) is 17.7 Å². The Kier molecular flexibility index (Phi) is 6.17. The highest BCUT2D eigenvalue weighted by atomic mass is 19.1. The molecule has 0 bridgehead atoms. The zero-order valence-corrected chi connectivity index (χ0v) is 16.6. The molecule has 1 aliphatic rings. The maximum Gasteiger partial charge on any atom is 0.123 e. The van der Waals surface area contributed by atoms with Gasteiger partial charge in [0, 0.05) is 25.8 Å². The zero-order valence-electron chi connectivity index (χ0n) is 16.6. The lowest BCUT2D eigenvalue weighted by Gasteiger charge is -2.32. The fourth-order valence-corrected chi connectivity index (χ4v) is 3.58. The van der Waals surface area contributed by atoms with Crippen molar-refractivity contribution < 1.29 is 13.9 Å². The first kappa shape index (κ1) is 19.6. The second-order valence-electron chi connectivity index (χ2n) is 7.34. The van der Waals surface area contributed by atoms with Gasteiger partial charge in [-0.05, 0) is 53.4 Å². The summed E-state index contributed by atoms with van der Waals surface area (Å²) in [6.45, 7) is 3.10. The first-order chi connectivity index (χ1) is 14.2. The quantitative estimate of drug-likeness (QED) is 0.623. The minimum atomic E-state index is -0.201. The molecule has 3 aromatic rings. The number of aromatic nitrogens is 1. The van der Waals surface area contributed by atoms with Crippen LogP contribution in [-0.2, 0) is 17.7 Å². The monoisotopic (exact) mass is 392 g/mol. The van der Waals surface area contributed by atoms with E-state index in [1.807, 2.05) is 30.5 Å². The van der Waals surface area contributed by atoms with Crippen LogP contribution in [0.4, 0.5) is 4.39 Å². The topological polar surface area (TPSA) is 34.6 Å². The van der Waals surface area contributed by atoms with Gasteiger partial charge in [0.2, 0.25) is 0 Å². The molecule has 5 heteroatoms. The molecule has 1 fully saturated rings. The van der Waals surface area contributed by atoms with Crippen LogP contribution in [0.3, 0.4) is 0 Å². The maximum absolute atomic E-state index is 13.1. The number of pyridine rings is 1. The fraction of sp³-hybridized carbons (Fsp3) is 0.292. The molecule has 150 valence electrons. The van der Waals surface area contributed by atoms with Crippen molar-refractivity contribution >= 4 is 0 Å². The van der Waals surface area contributed by atoms with Gasteiger partial charge in [0.05, 0.1) is 19.4 Å². The minimum Gasteiger partial charge on any atom is -0.497 e. The van der Waals surface area contributed by atoms with Crippen molar-refractivity contribution in [1.82, 2.24) is 9.88 Å². The standard InChI is InChI=1S/C24H25FN2O2/c1-28-22-9-4-18(5-10-22)14-20-6-11-23(26-15-20)24-17-27(12-13-29-24)16-19-2-7-21(25)8-3-19/h2-11,15,24H,12-14,16-17H2,1H3/t24-/m1/s1. The Morgan fingerprint density at radius 3 is 2.41 bits per heavy atom. The average molecular weight is 392 g/mol. The lowest BCUT2D eigenvalue weighted by molar-refractivity contribution is -0.0350. The largest absolute Gasteiger partial charge is 0.497 e. The van der Waals surface area contributed by atoms with Gasteiger partial charge in [0.25, 0.3) is 0 Å². The summed E-state index contributed by atoms with van der Waals surface area (Å²) < 4.78 is 24.3. The third kappa shape index (κ3) is 5.19. The molecule has 2 aromatic carbocycles. The Bertz CT molecular complexity index is 911. The van der Waals surface area contributed by atoms with Crippen LogP contribution in [0.25, 0.3) is 0 Å². The summed E-state index contributed by atoms with van der Waals surface area (Å²) in [5.74, 6) is 0.661. The van der Waals surface area contributed by atoms with Crippen LogP contribution in [0.2, 0.25) is 0 Å². The molecule has 0 N–H and O–H groups in total. The molecule has 1 atom stereocenters. The Labute approximate surface area is 170 Å². The van der Waals surface area contributed by atoms with Gasteiger partial charge in [0.1, 0.15) is 17.7 Å². The number of halogens is 1. The van der Waals surface area contributed by atoms with Crippen molar-refractivity contribution in [1.29, 1.82) is 0 Å². The zero-order chi connectivity index (χ0) is 20.1. The molecular weight excluding hydrogens is 367 g/mol. The van der Waals surface area contributed by atoms with E-state index in [9.17, 15) is 4.39 Å². The van der Waals surface area contributed by atoms with Gasteiger partial charge in [-0.3, -0.25) is 9.88 Å². The van der Waals surface area contributed by atoms with Gasteiger partial charge in [0.15, 0.2) is 0 Å². The van der Waals surface area contributed by atoms with E-state index in [0.29, 0.717) is 6.61 Å². The van der Waals surface area contributed by atoms with E-state index >= 15 is 0 Å². The molecule has 4 nitrogen and oxygen atoms in total. The summed E-state index contributed by atoms with van der Waals surface area (Å²) in [7, 11) is 1.67. The molecule has 2 heterocycles. The molecule has 0 spiro atoms. The Morgan fingerprint density at radius 1 is 1.00 bits per heavy atom. The minimum absolute atomic E-state index is 0.0424. The van der Waals surface area contributed by atoms with E-state index in [-0.39, 0.29) is 11.9 Å². The van der Waals surface area contributed by atoms with Crippen LogP contribution in [0, 0.1) is 5.82 Å². The van der Waals surface area contributed by atoms with E-state index in [4.69, 9.17) is 9.47 Å². The molecule has 0 aliphatic carbocycles. The predicted molar refractivity (Wildman–Crippen MR) is 110 cm³/mol. The summed E-state index contributed by atoms with van der Waals surface area (Å²) in [4.78, 5) is 6.99. The second kappa shape index (κ2) is 9.16. The van der Waals surface area contributed by atoms with Crippen LogP contribution < -0.4 is 4.74 Å². The summed E-state index contributed by atoms with van der Waals surface area (Å²) >= 11 is 0. The highest BCUT2D eigenvalue weighted by molar-refractivity contribution is 5.31. The number of hydrogen-bond donors (Lipinski definition) is 0. The van der Waals surface area contributed by atoms with Crippen LogP contribution >= 0.6 is 0 Å². The Hall–Kier alpha value is -2.76. The van der Waals surface area contributed by atoms with Gasteiger partial charge >= 0.3 is 0 Å². The van der Waals surface area contributed by atoms with Gasteiger partial charge in [-0.1, -0.05) is 30.3 Å². The second-order valence-corrected chi connectivity index (χ2v) is 7.34. The predicted octanol–water partition coefficient (Wildman–Crippen LogP) is 4.39. The smallest absolute Gasteiger partial charge is 0.123 e. The van der Waals surface area contributed by atoms with Crippen LogP contribution in [-0.4, -0.2) is 36.7 Å². The average Bonchev–Trinajstić information content (AvgIpc) is 2.77. The summed E-state index contributed by atoms with van der Waals surface area (Å²) in [5.41, 5.74) is 4.44. The summed E-state index contributed by atoms with van der Waals surface area (Å²) in [5, 5.41) is 0. The Morgan fingerprint density at radius 2 is 1.72 bits per heavy atom. The van der Waals surface area contributed by atoms with Crippen molar-refractivity contribution in [3.8, 4) is 5.75 Å². The van der Waals surface area contributed by atoms with Crippen molar-refractivity contribution in [2.24, 2.45) is 0 Å². The number of morpholine rings is 1. The van der Waals surface area contributed by atoms with E-state index in [0.717, 1.165) is 48.6 Å². The highest BCUT2D eigenvalue weighted by Crippen LogP contribution is 2.23. The normalized spacial score (nSPS) is 17.2. The number of nitrogens with zero attached hydrogens (tertiary/aromatic N) is 2. The highest BCUT2D eigenvalue weighted by Gasteiger charge is 2.23. The number of hydrogen-bond acceptors (Lipinski definition) is 4. The molecule has 1 aromatic heterocycles. The molecule has 29 heavy (non-hydrogen) atoms. The van der Waals surface area contributed by atoms with Crippen molar-refractivity contribution in [2.75, 3.05) is 26.8 Å². The molecule has 0 saturated carbocycles. The van der Waals surface area contributed by atoms with Gasteiger partial charge in [-0.25, -0.2) is 4.39 Å². The Balaban J connectivity index is 1.36. The molecule has 1 saturated heterocycles. The van der Waals surface area contributed by atoms with Crippen molar-refractivity contribution in [2.45, 2.75) is 19.1 Å². The maximum atomic E-state index is 13.1. The van der Waals surface area contributed by atoms with Gasteiger partial charge in [-0.2, -0.15) is 0 Å². The number of methoxy groups -OCH3 is 1. The van der Waals surface area contributed by atoms with Crippen LogP contribution in [0.15, 0.2) is 66.9 Å². The lowest BCUT2D eigenvalue weighted by Crippen LogP contribution is -2.38. The number of ether oxygens (including phenoxy) is 2. The summed E-state index contributed by atoms with van der Waals surface area (Å²) in [6, 6.07) is 19.0. The SMILES string of the molecule is COc1ccc(Cc2ccc([C@H]3CN(Cc4ccc(F)cc4)CCO3)nc2)cc1. The third-order valence-corrected chi connectivity index (χ3v) is 5.21. The van der Waals surface area contributed by atoms with E-state index in [2.05, 4.69) is 34.1 Å². The molecule has 0 radical (unpaired) electrons. The first-order valence-electron chi connectivity index (χ1n) is 9.86. The van der Waals surface area contributed by atoms with Crippen LogP contribution in [0.1, 0.15) is 28.5 Å². The third-order valence-electron chi connectivity index (χ3n) is 5.21. The molecular formula is C24H25FN2O2. The summed E-state index contributed by atoms with van der Waals surface area (Å²) in [6.07, 6.45) is 2.72. The number of benzene rings is 2. The number of rotatable bonds is 6.